The molecule has 1 N–H and O–H groups in total. The number of aryl methyl sites for hydroxylation is 2. The van der Waals surface area contributed by atoms with Crippen molar-refractivity contribution in [2.24, 2.45) is 0 Å². The summed E-state index contributed by atoms with van der Waals surface area (Å²) in [6.45, 7) is 2.38. The number of benzene rings is 1. The van der Waals surface area contributed by atoms with E-state index in [9.17, 15) is 13.2 Å². The lowest BCUT2D eigenvalue weighted by Crippen LogP contribution is -2.13. The maximum atomic E-state index is 13.0. The standard InChI is InChI=1S/C17H15BrF3N3S/c1-10-9-13-14(23-16(17(19,20)21)24-15(13)25-10)22-8-2-3-11-4-6-12(18)7-5-11/h4-7,9H,2-3,8H2,1H3,(H,22,23,24). The first-order valence-electron chi connectivity index (χ1n) is 7.66. The van der Waals surface area contributed by atoms with E-state index in [0.29, 0.717) is 16.8 Å². The van der Waals surface area contributed by atoms with Crippen molar-refractivity contribution in [1.29, 1.82) is 0 Å². The van der Waals surface area contributed by atoms with Gasteiger partial charge < -0.3 is 5.32 Å². The van der Waals surface area contributed by atoms with Crippen LogP contribution in [0.25, 0.3) is 10.2 Å². The van der Waals surface area contributed by atoms with Crippen molar-refractivity contribution in [2.75, 3.05) is 11.9 Å². The molecular weight excluding hydrogens is 415 g/mol. The number of nitrogens with zero attached hydrogens (tertiary/aromatic N) is 2. The van der Waals surface area contributed by atoms with Crippen LogP contribution in [0.5, 0.6) is 0 Å². The molecule has 0 spiro atoms. The second kappa shape index (κ2) is 7.29. The average molecular weight is 430 g/mol. The van der Waals surface area contributed by atoms with E-state index in [2.05, 4.69) is 31.2 Å². The van der Waals surface area contributed by atoms with Gasteiger partial charge in [0.25, 0.3) is 0 Å². The predicted molar refractivity (Wildman–Crippen MR) is 98.1 cm³/mol. The molecule has 0 aliphatic rings. The normalized spacial score (nSPS) is 11.9. The van der Waals surface area contributed by atoms with Crippen LogP contribution in [0, 0.1) is 6.92 Å². The van der Waals surface area contributed by atoms with Crippen LogP contribution in [0.2, 0.25) is 0 Å². The average Bonchev–Trinajstić information content (AvgIpc) is 2.92. The number of thiophene rings is 1. The molecule has 3 aromatic rings. The summed E-state index contributed by atoms with van der Waals surface area (Å²) in [6, 6.07) is 9.81. The Morgan fingerprint density at radius 3 is 2.56 bits per heavy atom. The molecule has 25 heavy (non-hydrogen) atoms. The van der Waals surface area contributed by atoms with E-state index in [0.717, 1.165) is 22.2 Å². The van der Waals surface area contributed by atoms with Crippen molar-refractivity contribution in [3.8, 4) is 0 Å². The lowest BCUT2D eigenvalue weighted by atomic mass is 10.1. The molecule has 2 heterocycles. The van der Waals surface area contributed by atoms with Gasteiger partial charge in [-0.25, -0.2) is 9.97 Å². The van der Waals surface area contributed by atoms with Crippen molar-refractivity contribution >= 4 is 43.3 Å². The molecule has 0 unspecified atom stereocenters. The summed E-state index contributed by atoms with van der Waals surface area (Å²) in [6.07, 6.45) is -2.93. The lowest BCUT2D eigenvalue weighted by Gasteiger charge is -2.10. The Hall–Kier alpha value is -1.67. The van der Waals surface area contributed by atoms with Gasteiger partial charge in [0.1, 0.15) is 10.6 Å². The number of hydrogen-bond donors (Lipinski definition) is 1. The van der Waals surface area contributed by atoms with Crippen molar-refractivity contribution in [3.63, 3.8) is 0 Å². The molecule has 0 bridgehead atoms. The molecule has 1 aromatic carbocycles. The Bertz CT molecular complexity index is 875. The molecule has 3 rings (SSSR count). The fraction of sp³-hybridized carbons (Fsp3) is 0.294. The van der Waals surface area contributed by atoms with Crippen molar-refractivity contribution in [3.05, 3.63) is 51.1 Å². The van der Waals surface area contributed by atoms with Gasteiger partial charge in [-0.3, -0.25) is 0 Å². The Labute approximate surface area is 155 Å². The number of aromatic nitrogens is 2. The van der Waals surface area contributed by atoms with Gasteiger partial charge in [-0.15, -0.1) is 11.3 Å². The van der Waals surface area contributed by atoms with Gasteiger partial charge in [-0.2, -0.15) is 13.2 Å². The molecule has 8 heteroatoms. The minimum atomic E-state index is -4.56. The fourth-order valence-corrected chi connectivity index (χ4v) is 3.60. The molecule has 0 aliphatic carbocycles. The number of alkyl halides is 3. The first kappa shape index (κ1) is 18.1. The highest BCUT2D eigenvalue weighted by molar-refractivity contribution is 9.10. The summed E-state index contributed by atoms with van der Waals surface area (Å²) in [5.41, 5.74) is 1.18. The molecule has 0 aliphatic heterocycles. The van der Waals surface area contributed by atoms with Crippen molar-refractivity contribution in [2.45, 2.75) is 25.9 Å². The van der Waals surface area contributed by atoms with Crippen molar-refractivity contribution < 1.29 is 13.2 Å². The summed E-state index contributed by atoms with van der Waals surface area (Å²) in [5, 5.41) is 3.68. The zero-order valence-electron chi connectivity index (χ0n) is 13.3. The van der Waals surface area contributed by atoms with Crippen LogP contribution in [0.1, 0.15) is 22.7 Å². The largest absolute Gasteiger partial charge is 0.451 e. The van der Waals surface area contributed by atoms with Gasteiger partial charge in [-0.05, 0) is 43.5 Å². The monoisotopic (exact) mass is 429 g/mol. The number of nitrogens with one attached hydrogen (secondary N) is 1. The topological polar surface area (TPSA) is 37.8 Å². The zero-order chi connectivity index (χ0) is 18.0. The van der Waals surface area contributed by atoms with E-state index < -0.39 is 12.0 Å². The van der Waals surface area contributed by atoms with E-state index >= 15 is 0 Å². The SMILES string of the molecule is Cc1cc2c(NCCCc3ccc(Br)cc3)nc(C(F)(F)F)nc2s1. The van der Waals surface area contributed by atoms with Crippen LogP contribution in [-0.2, 0) is 12.6 Å². The molecule has 0 saturated carbocycles. The minimum Gasteiger partial charge on any atom is -0.369 e. The Balaban J connectivity index is 1.72. The Morgan fingerprint density at radius 2 is 1.88 bits per heavy atom. The number of rotatable bonds is 5. The third-order valence-electron chi connectivity index (χ3n) is 3.62. The molecule has 0 amide bonds. The van der Waals surface area contributed by atoms with Crippen LogP contribution in [0.3, 0.4) is 0 Å². The number of halogens is 4. The highest BCUT2D eigenvalue weighted by Gasteiger charge is 2.35. The van der Waals surface area contributed by atoms with Crippen LogP contribution >= 0.6 is 27.3 Å². The number of fused-ring (bicyclic) bond motifs is 1. The van der Waals surface area contributed by atoms with Crippen LogP contribution in [0.15, 0.2) is 34.8 Å². The molecular formula is C17H15BrF3N3S. The highest BCUT2D eigenvalue weighted by atomic mass is 79.9. The molecule has 3 nitrogen and oxygen atoms in total. The quantitative estimate of drug-likeness (QED) is 0.518. The third kappa shape index (κ3) is 4.49. The van der Waals surface area contributed by atoms with E-state index in [1.54, 1.807) is 0 Å². The van der Waals surface area contributed by atoms with Crippen LogP contribution in [0.4, 0.5) is 19.0 Å². The van der Waals surface area contributed by atoms with Crippen molar-refractivity contribution in [1.82, 2.24) is 9.97 Å². The number of hydrogen-bond acceptors (Lipinski definition) is 4. The Morgan fingerprint density at radius 1 is 1.16 bits per heavy atom. The Kier molecular flexibility index (Phi) is 5.29. The first-order valence-corrected chi connectivity index (χ1v) is 9.27. The lowest BCUT2D eigenvalue weighted by molar-refractivity contribution is -0.144. The summed E-state index contributed by atoms with van der Waals surface area (Å²) in [4.78, 5) is 8.61. The van der Waals surface area contributed by atoms with Crippen LogP contribution < -0.4 is 5.32 Å². The van der Waals surface area contributed by atoms with E-state index in [1.165, 1.54) is 16.9 Å². The van der Waals surface area contributed by atoms with Gasteiger partial charge >= 0.3 is 6.18 Å². The molecule has 0 saturated heterocycles. The van der Waals surface area contributed by atoms with E-state index in [1.807, 2.05) is 37.3 Å². The second-order valence-electron chi connectivity index (χ2n) is 5.63. The summed E-state index contributed by atoms with van der Waals surface area (Å²) in [5.74, 6) is -0.852. The summed E-state index contributed by atoms with van der Waals surface area (Å²) < 4.78 is 40.0. The van der Waals surface area contributed by atoms with E-state index in [4.69, 9.17) is 0 Å². The highest BCUT2D eigenvalue weighted by Crippen LogP contribution is 2.33. The van der Waals surface area contributed by atoms with Gasteiger partial charge in [0.05, 0.1) is 5.39 Å². The van der Waals surface area contributed by atoms with E-state index in [-0.39, 0.29) is 5.82 Å². The molecule has 0 atom stereocenters. The third-order valence-corrected chi connectivity index (χ3v) is 5.09. The van der Waals surface area contributed by atoms with Crippen LogP contribution in [-0.4, -0.2) is 16.5 Å². The minimum absolute atomic E-state index is 0.248. The van der Waals surface area contributed by atoms with Gasteiger partial charge in [0.2, 0.25) is 5.82 Å². The fourth-order valence-electron chi connectivity index (χ4n) is 2.45. The molecule has 0 radical (unpaired) electrons. The molecule has 132 valence electrons. The predicted octanol–water partition coefficient (Wildman–Crippen LogP) is 5.83. The molecule has 2 aromatic heterocycles. The maximum absolute atomic E-state index is 13.0. The van der Waals surface area contributed by atoms with Gasteiger partial charge in [0.15, 0.2) is 0 Å². The second-order valence-corrected chi connectivity index (χ2v) is 7.78. The summed E-state index contributed by atoms with van der Waals surface area (Å²) >= 11 is 4.63. The maximum Gasteiger partial charge on any atom is 0.451 e. The zero-order valence-corrected chi connectivity index (χ0v) is 15.7. The number of anilines is 1. The summed E-state index contributed by atoms with van der Waals surface area (Å²) in [7, 11) is 0. The van der Waals surface area contributed by atoms with Gasteiger partial charge in [0, 0.05) is 15.9 Å². The first-order chi connectivity index (χ1) is 11.8. The molecule has 0 fully saturated rings. The van der Waals surface area contributed by atoms with Gasteiger partial charge in [-0.1, -0.05) is 28.1 Å². The smallest absolute Gasteiger partial charge is 0.369 e.